The second kappa shape index (κ2) is 3.01. The van der Waals surface area contributed by atoms with E-state index in [0.29, 0.717) is 13.0 Å². The number of hydroxylamine groups is 2. The van der Waals surface area contributed by atoms with Crippen molar-refractivity contribution >= 4 is 0 Å². The van der Waals surface area contributed by atoms with Gasteiger partial charge in [-0.05, 0) is 20.8 Å². The molecular formula is C8H13F2NO. The van der Waals surface area contributed by atoms with Gasteiger partial charge in [0.1, 0.15) is 0 Å². The van der Waals surface area contributed by atoms with Crippen LogP contribution >= 0.6 is 0 Å². The van der Waals surface area contributed by atoms with Crippen LogP contribution in [0.2, 0.25) is 0 Å². The van der Waals surface area contributed by atoms with Crippen LogP contribution in [0.4, 0.5) is 8.78 Å². The van der Waals surface area contributed by atoms with Gasteiger partial charge in [-0.2, -0.15) is 8.78 Å². The zero-order valence-electron chi connectivity index (χ0n) is 7.53. The molecule has 1 aliphatic rings. The minimum atomic E-state index is -1.71. The zero-order chi connectivity index (χ0) is 9.35. The quantitative estimate of drug-likeness (QED) is 0.563. The Kier molecular flexibility index (Phi) is 2.37. The molecule has 70 valence electrons. The van der Waals surface area contributed by atoms with Gasteiger partial charge in [-0.25, -0.2) is 0 Å². The van der Waals surface area contributed by atoms with E-state index >= 15 is 0 Å². The first-order valence-electron chi connectivity index (χ1n) is 3.91. The minimum absolute atomic E-state index is 0.190. The van der Waals surface area contributed by atoms with Gasteiger partial charge in [0.25, 0.3) is 0 Å². The molecule has 4 heteroatoms. The third kappa shape index (κ3) is 1.94. The molecule has 0 spiro atoms. The molecule has 1 rings (SSSR count). The van der Waals surface area contributed by atoms with E-state index in [2.05, 4.69) is 0 Å². The third-order valence-electron chi connectivity index (χ3n) is 1.72. The molecule has 0 unspecified atom stereocenters. The fourth-order valence-corrected chi connectivity index (χ4v) is 1.03. The Balaban J connectivity index is 2.64. The Bertz CT molecular complexity index is 204. The summed E-state index contributed by atoms with van der Waals surface area (Å²) in [6.45, 7) is 6.31. The number of rotatable bonds is 0. The van der Waals surface area contributed by atoms with E-state index in [1.807, 2.05) is 20.8 Å². The Labute approximate surface area is 70.8 Å². The van der Waals surface area contributed by atoms with Gasteiger partial charge in [0, 0.05) is 18.5 Å². The van der Waals surface area contributed by atoms with Gasteiger partial charge in [-0.15, -0.1) is 5.06 Å². The van der Waals surface area contributed by atoms with Gasteiger partial charge in [0.05, 0.1) is 0 Å². The number of hydrogen-bond acceptors (Lipinski definition) is 2. The highest BCUT2D eigenvalue weighted by atomic mass is 19.3. The highest BCUT2D eigenvalue weighted by molar-refractivity contribution is 4.98. The maximum absolute atomic E-state index is 12.0. The first-order valence-corrected chi connectivity index (χ1v) is 3.91. The molecule has 0 N–H and O–H groups in total. The molecule has 0 aliphatic carbocycles. The van der Waals surface area contributed by atoms with Crippen LogP contribution < -0.4 is 0 Å². The number of halogens is 2. The second-order valence-corrected chi connectivity index (χ2v) is 3.80. The van der Waals surface area contributed by atoms with Crippen molar-refractivity contribution in [2.75, 3.05) is 6.54 Å². The molecule has 1 fully saturated rings. The molecule has 0 amide bonds. The summed E-state index contributed by atoms with van der Waals surface area (Å²) in [6, 6.07) is 0. The van der Waals surface area contributed by atoms with Crippen LogP contribution in [0.15, 0.2) is 11.8 Å². The lowest BCUT2D eigenvalue weighted by Gasteiger charge is -2.28. The molecule has 0 aromatic rings. The van der Waals surface area contributed by atoms with E-state index in [1.54, 1.807) is 5.06 Å². The Hall–Kier alpha value is -0.640. The molecule has 0 saturated carbocycles. The van der Waals surface area contributed by atoms with Crippen LogP contribution in [0.5, 0.6) is 0 Å². The summed E-state index contributed by atoms with van der Waals surface area (Å²) in [5.74, 6) is -0.190. The van der Waals surface area contributed by atoms with E-state index in [-0.39, 0.29) is 11.3 Å². The largest absolute Gasteiger partial charge is 0.404 e. The molecule has 0 aromatic carbocycles. The predicted molar refractivity (Wildman–Crippen MR) is 41.4 cm³/mol. The lowest BCUT2D eigenvalue weighted by Crippen LogP contribution is -2.37. The van der Waals surface area contributed by atoms with Crippen molar-refractivity contribution in [2.45, 2.75) is 32.7 Å². The van der Waals surface area contributed by atoms with Crippen molar-refractivity contribution in [2.24, 2.45) is 0 Å². The lowest BCUT2D eigenvalue weighted by molar-refractivity contribution is -0.145. The first kappa shape index (κ1) is 9.45. The Morgan fingerprint density at radius 2 is 2.00 bits per heavy atom. The summed E-state index contributed by atoms with van der Waals surface area (Å²) in [5, 5.41) is 1.57. The summed E-state index contributed by atoms with van der Waals surface area (Å²) in [5.41, 5.74) is -0.211. The van der Waals surface area contributed by atoms with Crippen LogP contribution in [0.3, 0.4) is 0 Å². The van der Waals surface area contributed by atoms with Gasteiger partial charge in [-0.3, -0.25) is 0 Å². The standard InChI is InChI=1S/C8H13F2NO/c1-8(2,3)11-5-4-6(12-11)7(9)10/h4-5H2,1-3H3. The molecule has 1 saturated heterocycles. The molecule has 0 atom stereocenters. The van der Waals surface area contributed by atoms with E-state index in [1.165, 1.54) is 0 Å². The third-order valence-corrected chi connectivity index (χ3v) is 1.72. The fraction of sp³-hybridized carbons (Fsp3) is 0.750. The van der Waals surface area contributed by atoms with Gasteiger partial charge in [0.2, 0.25) is 0 Å². The molecular weight excluding hydrogens is 164 g/mol. The van der Waals surface area contributed by atoms with Gasteiger partial charge >= 0.3 is 6.08 Å². The fourth-order valence-electron chi connectivity index (χ4n) is 1.03. The van der Waals surface area contributed by atoms with E-state index in [9.17, 15) is 8.78 Å². The van der Waals surface area contributed by atoms with Gasteiger partial charge in [0.15, 0.2) is 5.76 Å². The van der Waals surface area contributed by atoms with Crippen molar-refractivity contribution in [3.8, 4) is 0 Å². The average Bonchev–Trinajstić information content (AvgIpc) is 2.30. The van der Waals surface area contributed by atoms with Crippen molar-refractivity contribution < 1.29 is 13.6 Å². The molecule has 1 aliphatic heterocycles. The summed E-state index contributed by atoms with van der Waals surface area (Å²) in [6.07, 6.45) is -1.40. The summed E-state index contributed by atoms with van der Waals surface area (Å²) >= 11 is 0. The van der Waals surface area contributed by atoms with Crippen LogP contribution in [-0.4, -0.2) is 17.1 Å². The highest BCUT2D eigenvalue weighted by Gasteiger charge is 2.31. The van der Waals surface area contributed by atoms with Crippen LogP contribution in [0.1, 0.15) is 27.2 Å². The Morgan fingerprint density at radius 3 is 2.25 bits per heavy atom. The van der Waals surface area contributed by atoms with Crippen molar-refractivity contribution in [3.05, 3.63) is 11.8 Å². The maximum Gasteiger partial charge on any atom is 0.310 e. The van der Waals surface area contributed by atoms with Crippen LogP contribution in [0.25, 0.3) is 0 Å². The lowest BCUT2D eigenvalue weighted by atomic mass is 10.1. The van der Waals surface area contributed by atoms with E-state index in [0.717, 1.165) is 0 Å². The van der Waals surface area contributed by atoms with Crippen LogP contribution in [-0.2, 0) is 4.84 Å². The molecule has 0 aromatic heterocycles. The molecule has 2 nitrogen and oxygen atoms in total. The topological polar surface area (TPSA) is 12.5 Å². The normalized spacial score (nSPS) is 19.6. The smallest absolute Gasteiger partial charge is 0.310 e. The first-order chi connectivity index (χ1) is 5.41. The van der Waals surface area contributed by atoms with Crippen molar-refractivity contribution in [1.82, 2.24) is 5.06 Å². The monoisotopic (exact) mass is 177 g/mol. The number of hydrogen-bond donors (Lipinski definition) is 0. The summed E-state index contributed by atoms with van der Waals surface area (Å²) < 4.78 is 24.1. The van der Waals surface area contributed by atoms with Gasteiger partial charge in [-0.1, -0.05) is 0 Å². The molecule has 1 heterocycles. The predicted octanol–water partition coefficient (Wildman–Crippen LogP) is 2.53. The van der Waals surface area contributed by atoms with E-state index in [4.69, 9.17) is 4.84 Å². The van der Waals surface area contributed by atoms with E-state index < -0.39 is 6.08 Å². The summed E-state index contributed by atoms with van der Waals surface area (Å²) in [7, 11) is 0. The maximum atomic E-state index is 12.0. The van der Waals surface area contributed by atoms with Gasteiger partial charge < -0.3 is 4.84 Å². The van der Waals surface area contributed by atoms with Crippen molar-refractivity contribution in [3.63, 3.8) is 0 Å². The Morgan fingerprint density at radius 1 is 1.42 bits per heavy atom. The molecule has 12 heavy (non-hydrogen) atoms. The molecule has 0 bridgehead atoms. The number of nitrogens with zero attached hydrogens (tertiary/aromatic N) is 1. The SMILES string of the molecule is CC(C)(C)N1CCC(=C(F)F)O1. The van der Waals surface area contributed by atoms with Crippen molar-refractivity contribution in [1.29, 1.82) is 0 Å². The molecule has 0 radical (unpaired) electrons. The minimum Gasteiger partial charge on any atom is -0.404 e. The van der Waals surface area contributed by atoms with Crippen LogP contribution in [0, 0.1) is 0 Å². The second-order valence-electron chi connectivity index (χ2n) is 3.80. The summed E-state index contributed by atoms with van der Waals surface area (Å²) in [4.78, 5) is 4.95. The zero-order valence-corrected chi connectivity index (χ0v) is 7.53. The average molecular weight is 177 g/mol. The highest BCUT2D eigenvalue weighted by Crippen LogP contribution is 2.27.